The Morgan fingerprint density at radius 2 is 2.09 bits per heavy atom. The molecule has 6 heteroatoms. The number of rotatable bonds is 4. The average Bonchev–Trinajstić information content (AvgIpc) is 2.97. The fraction of sp³-hybridized carbons (Fsp3) is 0.176. The van der Waals surface area contributed by atoms with Crippen molar-refractivity contribution < 1.29 is 9.59 Å². The second-order valence-electron chi connectivity index (χ2n) is 5.16. The first-order chi connectivity index (χ1) is 11.1. The summed E-state index contributed by atoms with van der Waals surface area (Å²) in [6.07, 6.45) is 3.62. The number of carbonyl (C=O) groups excluding carboxylic acids is 2. The molecule has 1 N–H and O–H groups in total. The molecule has 6 nitrogen and oxygen atoms in total. The maximum atomic E-state index is 12.0. The van der Waals surface area contributed by atoms with Crippen LogP contribution in [0.3, 0.4) is 0 Å². The van der Waals surface area contributed by atoms with Crippen LogP contribution in [0.15, 0.2) is 42.7 Å². The van der Waals surface area contributed by atoms with Crippen LogP contribution in [0.5, 0.6) is 0 Å². The Balaban J connectivity index is 2.12. The monoisotopic (exact) mass is 308 g/mol. The second-order valence-corrected chi connectivity index (χ2v) is 5.16. The van der Waals surface area contributed by atoms with E-state index in [1.807, 2.05) is 37.3 Å². The predicted octanol–water partition coefficient (Wildman–Crippen LogP) is 2.95. The van der Waals surface area contributed by atoms with E-state index in [4.69, 9.17) is 0 Å². The van der Waals surface area contributed by atoms with Crippen molar-refractivity contribution in [2.24, 2.45) is 0 Å². The zero-order chi connectivity index (χ0) is 16.4. The van der Waals surface area contributed by atoms with Crippen LogP contribution in [-0.2, 0) is 4.79 Å². The Morgan fingerprint density at radius 3 is 2.83 bits per heavy atom. The number of aromatic nitrogens is 3. The maximum absolute atomic E-state index is 12.0. The lowest BCUT2D eigenvalue weighted by atomic mass is 10.1. The lowest BCUT2D eigenvalue weighted by molar-refractivity contribution is -0.114. The summed E-state index contributed by atoms with van der Waals surface area (Å²) in [6.45, 7) is 3.28. The van der Waals surface area contributed by atoms with Gasteiger partial charge in [0, 0.05) is 30.8 Å². The van der Waals surface area contributed by atoms with E-state index in [9.17, 15) is 9.59 Å². The molecule has 0 saturated heterocycles. The SMILES string of the molecule is CCC(=O)c1cnn2c(-c3cccc(NC(C)=O)c3)ccnc12. The highest BCUT2D eigenvalue weighted by Crippen LogP contribution is 2.24. The molecular formula is C17H16N4O2. The zero-order valence-corrected chi connectivity index (χ0v) is 12.9. The molecule has 0 aliphatic rings. The minimum absolute atomic E-state index is 0.0108. The Kier molecular flexibility index (Phi) is 3.89. The number of Topliss-reactive ketones (excluding diaryl/α,β-unsaturated/α-hetero) is 1. The summed E-state index contributed by atoms with van der Waals surface area (Å²) in [4.78, 5) is 27.5. The van der Waals surface area contributed by atoms with Gasteiger partial charge >= 0.3 is 0 Å². The fourth-order valence-corrected chi connectivity index (χ4v) is 2.46. The van der Waals surface area contributed by atoms with E-state index in [1.54, 1.807) is 16.9 Å². The molecule has 3 aromatic rings. The second kappa shape index (κ2) is 6.00. The van der Waals surface area contributed by atoms with Crippen LogP contribution in [0.2, 0.25) is 0 Å². The van der Waals surface area contributed by atoms with Crippen molar-refractivity contribution in [3.05, 3.63) is 48.3 Å². The number of hydrogen-bond donors (Lipinski definition) is 1. The topological polar surface area (TPSA) is 76.4 Å². The number of hydrogen-bond acceptors (Lipinski definition) is 4. The number of nitrogens with zero attached hydrogens (tertiary/aromatic N) is 3. The Labute approximate surface area is 133 Å². The molecule has 0 fully saturated rings. The number of ketones is 1. The molecule has 1 aromatic carbocycles. The van der Waals surface area contributed by atoms with Gasteiger partial charge in [-0.15, -0.1) is 0 Å². The molecule has 0 radical (unpaired) electrons. The van der Waals surface area contributed by atoms with Crippen molar-refractivity contribution >= 4 is 23.0 Å². The van der Waals surface area contributed by atoms with E-state index in [1.165, 1.54) is 6.92 Å². The lowest BCUT2D eigenvalue weighted by Crippen LogP contribution is -2.05. The van der Waals surface area contributed by atoms with Gasteiger partial charge in [-0.3, -0.25) is 9.59 Å². The number of benzene rings is 1. The van der Waals surface area contributed by atoms with E-state index < -0.39 is 0 Å². The van der Waals surface area contributed by atoms with E-state index in [-0.39, 0.29) is 11.7 Å². The Morgan fingerprint density at radius 1 is 1.26 bits per heavy atom. The normalized spacial score (nSPS) is 10.7. The molecule has 1 amide bonds. The van der Waals surface area contributed by atoms with Crippen LogP contribution >= 0.6 is 0 Å². The molecule has 116 valence electrons. The molecule has 0 aliphatic heterocycles. The van der Waals surface area contributed by atoms with Crippen LogP contribution < -0.4 is 5.32 Å². The number of nitrogens with one attached hydrogen (secondary N) is 1. The molecule has 0 atom stereocenters. The standard InChI is InChI=1S/C17H16N4O2/c1-3-16(23)14-10-19-21-15(7-8-18-17(14)21)12-5-4-6-13(9-12)20-11(2)22/h4-10H,3H2,1-2H3,(H,20,22). The third-order valence-electron chi connectivity index (χ3n) is 3.50. The number of fused-ring (bicyclic) bond motifs is 1. The van der Waals surface area contributed by atoms with E-state index in [2.05, 4.69) is 15.4 Å². The summed E-state index contributed by atoms with van der Waals surface area (Å²) >= 11 is 0. The first-order valence-corrected chi connectivity index (χ1v) is 7.34. The lowest BCUT2D eigenvalue weighted by Gasteiger charge is -2.07. The van der Waals surface area contributed by atoms with Gasteiger partial charge in [0.05, 0.1) is 17.5 Å². The van der Waals surface area contributed by atoms with Crippen molar-refractivity contribution in [2.75, 3.05) is 5.32 Å². The van der Waals surface area contributed by atoms with Crippen LogP contribution in [0.25, 0.3) is 16.9 Å². The van der Waals surface area contributed by atoms with Crippen LogP contribution in [-0.4, -0.2) is 26.3 Å². The van der Waals surface area contributed by atoms with Crippen LogP contribution in [0.1, 0.15) is 30.6 Å². The summed E-state index contributed by atoms with van der Waals surface area (Å²) in [5.41, 5.74) is 3.45. The van der Waals surface area contributed by atoms with Crippen molar-refractivity contribution in [1.29, 1.82) is 0 Å². The van der Waals surface area contributed by atoms with Crippen molar-refractivity contribution in [1.82, 2.24) is 14.6 Å². The van der Waals surface area contributed by atoms with E-state index in [0.29, 0.717) is 23.3 Å². The van der Waals surface area contributed by atoms with Crippen molar-refractivity contribution in [3.8, 4) is 11.3 Å². The van der Waals surface area contributed by atoms with E-state index in [0.717, 1.165) is 11.3 Å². The fourth-order valence-electron chi connectivity index (χ4n) is 2.46. The zero-order valence-electron chi connectivity index (χ0n) is 12.9. The molecule has 0 aliphatic carbocycles. The van der Waals surface area contributed by atoms with Crippen molar-refractivity contribution in [2.45, 2.75) is 20.3 Å². The highest BCUT2D eigenvalue weighted by atomic mass is 16.1. The summed E-state index contributed by atoms with van der Waals surface area (Å²) in [5, 5.41) is 7.06. The molecule has 2 aromatic heterocycles. The predicted molar refractivity (Wildman–Crippen MR) is 87.3 cm³/mol. The van der Waals surface area contributed by atoms with Gasteiger partial charge in [-0.2, -0.15) is 5.10 Å². The molecule has 0 spiro atoms. The molecule has 3 rings (SSSR count). The molecule has 2 heterocycles. The number of carbonyl (C=O) groups is 2. The van der Waals surface area contributed by atoms with Gasteiger partial charge in [-0.1, -0.05) is 19.1 Å². The number of amides is 1. The highest BCUT2D eigenvalue weighted by molar-refractivity contribution is 6.01. The van der Waals surface area contributed by atoms with Crippen molar-refractivity contribution in [3.63, 3.8) is 0 Å². The van der Waals surface area contributed by atoms with Gasteiger partial charge in [0.1, 0.15) is 0 Å². The first-order valence-electron chi connectivity index (χ1n) is 7.34. The quantitative estimate of drug-likeness (QED) is 0.752. The smallest absolute Gasteiger partial charge is 0.221 e. The minimum Gasteiger partial charge on any atom is -0.326 e. The summed E-state index contributed by atoms with van der Waals surface area (Å²) < 4.78 is 1.65. The van der Waals surface area contributed by atoms with Gasteiger partial charge in [0.15, 0.2) is 11.4 Å². The van der Waals surface area contributed by atoms with Crippen LogP contribution in [0, 0.1) is 0 Å². The molecular weight excluding hydrogens is 292 g/mol. The molecule has 0 saturated carbocycles. The van der Waals surface area contributed by atoms with Crippen LogP contribution in [0.4, 0.5) is 5.69 Å². The molecule has 0 unspecified atom stereocenters. The van der Waals surface area contributed by atoms with Gasteiger partial charge in [0.2, 0.25) is 5.91 Å². The van der Waals surface area contributed by atoms with Gasteiger partial charge < -0.3 is 5.32 Å². The average molecular weight is 308 g/mol. The third-order valence-corrected chi connectivity index (χ3v) is 3.50. The largest absolute Gasteiger partial charge is 0.326 e. The summed E-state index contributed by atoms with van der Waals surface area (Å²) in [5.74, 6) is -0.117. The summed E-state index contributed by atoms with van der Waals surface area (Å²) in [6, 6.07) is 9.28. The first kappa shape index (κ1) is 14.9. The molecule has 0 bridgehead atoms. The Bertz CT molecular complexity index is 898. The van der Waals surface area contributed by atoms with Gasteiger partial charge in [0.25, 0.3) is 0 Å². The summed E-state index contributed by atoms with van der Waals surface area (Å²) in [7, 11) is 0. The van der Waals surface area contributed by atoms with Gasteiger partial charge in [-0.05, 0) is 18.2 Å². The Hall–Kier alpha value is -3.02. The minimum atomic E-state index is -0.128. The maximum Gasteiger partial charge on any atom is 0.221 e. The third kappa shape index (κ3) is 2.83. The van der Waals surface area contributed by atoms with E-state index >= 15 is 0 Å². The van der Waals surface area contributed by atoms with Gasteiger partial charge in [-0.25, -0.2) is 9.50 Å². The number of anilines is 1. The highest BCUT2D eigenvalue weighted by Gasteiger charge is 2.14. The molecule has 23 heavy (non-hydrogen) atoms.